The van der Waals surface area contributed by atoms with Crippen LogP contribution in [0, 0.1) is 17.0 Å². The normalized spacial score (nSPS) is 10.8. The molecule has 3 aromatic rings. The van der Waals surface area contributed by atoms with E-state index in [4.69, 9.17) is 0 Å². The van der Waals surface area contributed by atoms with Crippen molar-refractivity contribution in [3.63, 3.8) is 0 Å². The molecular formula is C16H14N4O3S. The first-order valence-corrected chi connectivity index (χ1v) is 8.32. The SMILES string of the molecule is CSc1nc(C(=O)Nc2cccc([N+](=O)[O-])c2C)c2ccccn12. The van der Waals surface area contributed by atoms with Crippen molar-refractivity contribution in [2.45, 2.75) is 12.1 Å². The number of nitrogens with zero attached hydrogens (tertiary/aromatic N) is 3. The van der Waals surface area contributed by atoms with Crippen LogP contribution in [0.15, 0.2) is 47.8 Å². The molecule has 2 heterocycles. The van der Waals surface area contributed by atoms with Crippen molar-refractivity contribution >= 4 is 34.6 Å². The van der Waals surface area contributed by atoms with Crippen LogP contribution in [-0.2, 0) is 0 Å². The first-order chi connectivity index (χ1) is 11.5. The Hall–Kier alpha value is -2.87. The van der Waals surface area contributed by atoms with Crippen LogP contribution in [0.25, 0.3) is 5.52 Å². The Bertz CT molecular complexity index is 952. The standard InChI is InChI=1S/C16H14N4O3S/c1-10-11(6-5-8-12(10)20(22)23)17-15(21)14-13-7-3-4-9-19(13)16(18-14)24-2/h3-9H,1-2H3,(H,17,21). The number of rotatable bonds is 4. The maximum absolute atomic E-state index is 12.6. The Balaban J connectivity index is 2.00. The summed E-state index contributed by atoms with van der Waals surface area (Å²) in [5.74, 6) is -0.400. The summed E-state index contributed by atoms with van der Waals surface area (Å²) in [6, 6.07) is 10.1. The molecule has 122 valence electrons. The molecule has 0 unspecified atom stereocenters. The van der Waals surface area contributed by atoms with Gasteiger partial charge in [0.05, 0.1) is 21.7 Å². The minimum absolute atomic E-state index is 0.0349. The zero-order chi connectivity index (χ0) is 17.3. The molecule has 24 heavy (non-hydrogen) atoms. The highest BCUT2D eigenvalue weighted by atomic mass is 32.2. The van der Waals surface area contributed by atoms with Crippen LogP contribution >= 0.6 is 11.8 Å². The molecule has 0 fully saturated rings. The predicted octanol–water partition coefficient (Wildman–Crippen LogP) is 3.53. The first kappa shape index (κ1) is 16.0. The molecule has 0 saturated carbocycles. The van der Waals surface area contributed by atoms with E-state index in [9.17, 15) is 14.9 Å². The predicted molar refractivity (Wildman–Crippen MR) is 92.8 cm³/mol. The number of nitrogens with one attached hydrogen (secondary N) is 1. The summed E-state index contributed by atoms with van der Waals surface area (Å²) in [6.45, 7) is 1.60. The third-order valence-corrected chi connectivity index (χ3v) is 4.32. The zero-order valence-electron chi connectivity index (χ0n) is 13.0. The van der Waals surface area contributed by atoms with E-state index in [2.05, 4.69) is 10.3 Å². The molecule has 8 heteroatoms. The highest BCUT2D eigenvalue weighted by molar-refractivity contribution is 7.98. The van der Waals surface area contributed by atoms with E-state index in [1.54, 1.807) is 19.1 Å². The fourth-order valence-corrected chi connectivity index (χ4v) is 3.00. The molecule has 0 radical (unpaired) electrons. The van der Waals surface area contributed by atoms with Gasteiger partial charge in [-0.05, 0) is 31.4 Å². The quantitative estimate of drug-likeness (QED) is 0.445. The lowest BCUT2D eigenvalue weighted by Crippen LogP contribution is -2.14. The average Bonchev–Trinajstić information content (AvgIpc) is 2.95. The molecule has 0 aliphatic carbocycles. The van der Waals surface area contributed by atoms with Gasteiger partial charge >= 0.3 is 0 Å². The molecule has 1 aromatic carbocycles. The van der Waals surface area contributed by atoms with Gasteiger partial charge in [-0.1, -0.05) is 23.9 Å². The Labute approximate surface area is 141 Å². The minimum atomic E-state index is -0.469. The number of pyridine rings is 1. The lowest BCUT2D eigenvalue weighted by molar-refractivity contribution is -0.385. The lowest BCUT2D eigenvalue weighted by atomic mass is 10.1. The van der Waals surface area contributed by atoms with Crippen molar-refractivity contribution in [2.24, 2.45) is 0 Å². The number of nitro groups is 1. The van der Waals surface area contributed by atoms with Crippen LogP contribution in [-0.4, -0.2) is 26.5 Å². The smallest absolute Gasteiger partial charge is 0.276 e. The maximum atomic E-state index is 12.6. The fourth-order valence-electron chi connectivity index (χ4n) is 2.46. The van der Waals surface area contributed by atoms with Crippen molar-refractivity contribution in [2.75, 3.05) is 11.6 Å². The number of carbonyl (C=O) groups is 1. The molecule has 0 aliphatic heterocycles. The summed E-state index contributed by atoms with van der Waals surface area (Å²) in [5.41, 5.74) is 1.74. The number of fused-ring (bicyclic) bond motifs is 1. The van der Waals surface area contributed by atoms with E-state index < -0.39 is 10.8 Å². The third-order valence-electron chi connectivity index (χ3n) is 3.66. The largest absolute Gasteiger partial charge is 0.320 e. The zero-order valence-corrected chi connectivity index (χ0v) is 13.8. The minimum Gasteiger partial charge on any atom is -0.320 e. The van der Waals surface area contributed by atoms with Crippen LogP contribution in [0.3, 0.4) is 0 Å². The van der Waals surface area contributed by atoms with Crippen molar-refractivity contribution in [1.82, 2.24) is 9.38 Å². The Kier molecular flexibility index (Phi) is 4.22. The van der Waals surface area contributed by atoms with Crippen LogP contribution in [0.5, 0.6) is 0 Å². The summed E-state index contributed by atoms with van der Waals surface area (Å²) >= 11 is 1.43. The molecule has 1 amide bonds. The number of aromatic nitrogens is 2. The molecule has 0 atom stereocenters. The molecule has 0 bridgehead atoms. The lowest BCUT2D eigenvalue weighted by Gasteiger charge is -2.07. The van der Waals surface area contributed by atoms with E-state index in [1.807, 2.05) is 35.1 Å². The van der Waals surface area contributed by atoms with E-state index >= 15 is 0 Å². The van der Waals surface area contributed by atoms with Gasteiger partial charge in [0.15, 0.2) is 10.9 Å². The molecule has 2 aromatic heterocycles. The van der Waals surface area contributed by atoms with E-state index in [1.165, 1.54) is 17.8 Å². The Morgan fingerprint density at radius 3 is 2.79 bits per heavy atom. The summed E-state index contributed by atoms with van der Waals surface area (Å²) < 4.78 is 1.83. The van der Waals surface area contributed by atoms with Gasteiger partial charge in [0.1, 0.15) is 0 Å². The average molecular weight is 342 g/mol. The van der Waals surface area contributed by atoms with E-state index in [0.717, 1.165) is 0 Å². The topological polar surface area (TPSA) is 89.5 Å². The number of nitro benzene ring substituents is 1. The number of carbonyl (C=O) groups excluding carboxylic acids is 1. The third kappa shape index (κ3) is 2.71. The molecule has 0 aliphatic rings. The van der Waals surface area contributed by atoms with Crippen LogP contribution < -0.4 is 5.32 Å². The van der Waals surface area contributed by atoms with Gasteiger partial charge in [-0.2, -0.15) is 0 Å². The van der Waals surface area contributed by atoms with Crippen molar-refractivity contribution < 1.29 is 9.72 Å². The second-order valence-corrected chi connectivity index (χ2v) is 5.84. The summed E-state index contributed by atoms with van der Waals surface area (Å²) in [7, 11) is 0. The summed E-state index contributed by atoms with van der Waals surface area (Å²) in [6.07, 6.45) is 3.72. The number of anilines is 1. The van der Waals surface area contributed by atoms with Crippen LogP contribution in [0.2, 0.25) is 0 Å². The number of hydrogen-bond acceptors (Lipinski definition) is 5. The number of thioether (sulfide) groups is 1. The molecule has 0 saturated heterocycles. The fraction of sp³-hybridized carbons (Fsp3) is 0.125. The second kappa shape index (κ2) is 6.32. The van der Waals surface area contributed by atoms with Crippen molar-refractivity contribution in [3.8, 4) is 0 Å². The molecular weight excluding hydrogens is 328 g/mol. The Morgan fingerprint density at radius 1 is 1.29 bits per heavy atom. The first-order valence-electron chi connectivity index (χ1n) is 7.09. The maximum Gasteiger partial charge on any atom is 0.276 e. The monoisotopic (exact) mass is 342 g/mol. The van der Waals surface area contributed by atoms with Gasteiger partial charge in [0.2, 0.25) is 0 Å². The summed E-state index contributed by atoms with van der Waals surface area (Å²) in [4.78, 5) is 27.5. The van der Waals surface area contributed by atoms with Crippen molar-refractivity contribution in [3.05, 3.63) is 64.0 Å². The van der Waals surface area contributed by atoms with E-state index in [-0.39, 0.29) is 11.4 Å². The number of amides is 1. The molecule has 1 N–H and O–H groups in total. The van der Waals surface area contributed by atoms with Crippen LogP contribution in [0.1, 0.15) is 16.1 Å². The molecule has 7 nitrogen and oxygen atoms in total. The van der Waals surface area contributed by atoms with E-state index in [0.29, 0.717) is 21.9 Å². The highest BCUT2D eigenvalue weighted by Gasteiger charge is 2.20. The van der Waals surface area contributed by atoms with Crippen LogP contribution in [0.4, 0.5) is 11.4 Å². The molecule has 3 rings (SSSR count). The van der Waals surface area contributed by atoms with Gasteiger partial charge in [-0.25, -0.2) is 4.98 Å². The van der Waals surface area contributed by atoms with Gasteiger partial charge in [0, 0.05) is 12.3 Å². The summed E-state index contributed by atoms with van der Waals surface area (Å²) in [5, 5.41) is 14.4. The van der Waals surface area contributed by atoms with Gasteiger partial charge in [0.25, 0.3) is 11.6 Å². The number of imidazole rings is 1. The highest BCUT2D eigenvalue weighted by Crippen LogP contribution is 2.26. The van der Waals surface area contributed by atoms with Gasteiger partial charge in [-0.15, -0.1) is 0 Å². The Morgan fingerprint density at radius 2 is 2.08 bits per heavy atom. The second-order valence-electron chi connectivity index (χ2n) is 5.06. The molecule has 0 spiro atoms. The number of benzene rings is 1. The number of hydrogen-bond donors (Lipinski definition) is 1. The van der Waals surface area contributed by atoms with Gasteiger partial charge in [-0.3, -0.25) is 19.3 Å². The van der Waals surface area contributed by atoms with Crippen molar-refractivity contribution in [1.29, 1.82) is 0 Å². The van der Waals surface area contributed by atoms with Gasteiger partial charge < -0.3 is 5.32 Å².